The maximum Gasteiger partial charge on any atom is 0.225 e. The standard InChI is InChI=1S/C15H20N2O2/c16-13-5-4-11-9-17(10-12(11)7-13)15(18)8-14-3-1-2-6-19-14/h4-5,7,14H,1-3,6,8-10,16H2. The summed E-state index contributed by atoms with van der Waals surface area (Å²) >= 11 is 0. The van der Waals surface area contributed by atoms with Gasteiger partial charge in [0.25, 0.3) is 0 Å². The summed E-state index contributed by atoms with van der Waals surface area (Å²) in [6.07, 6.45) is 3.95. The SMILES string of the molecule is Nc1ccc2c(c1)CN(C(=O)CC1CCCCO1)C2. The zero-order valence-corrected chi connectivity index (χ0v) is 11.1. The van der Waals surface area contributed by atoms with Gasteiger partial charge in [-0.2, -0.15) is 0 Å². The monoisotopic (exact) mass is 260 g/mol. The van der Waals surface area contributed by atoms with Crippen molar-refractivity contribution in [2.24, 2.45) is 0 Å². The van der Waals surface area contributed by atoms with E-state index in [0.717, 1.165) is 25.1 Å². The van der Waals surface area contributed by atoms with Crippen molar-refractivity contribution in [3.05, 3.63) is 29.3 Å². The normalized spacial score (nSPS) is 22.3. The molecule has 2 heterocycles. The lowest BCUT2D eigenvalue weighted by Gasteiger charge is -2.24. The largest absolute Gasteiger partial charge is 0.399 e. The molecule has 19 heavy (non-hydrogen) atoms. The third kappa shape index (κ3) is 2.73. The Balaban J connectivity index is 1.60. The highest BCUT2D eigenvalue weighted by molar-refractivity contribution is 5.77. The lowest BCUT2D eigenvalue weighted by molar-refractivity contribution is -0.135. The maximum absolute atomic E-state index is 12.3. The van der Waals surface area contributed by atoms with E-state index < -0.39 is 0 Å². The van der Waals surface area contributed by atoms with E-state index in [1.807, 2.05) is 23.1 Å². The average Bonchev–Trinajstić information content (AvgIpc) is 2.83. The maximum atomic E-state index is 12.3. The predicted molar refractivity (Wildman–Crippen MR) is 73.3 cm³/mol. The molecule has 102 valence electrons. The summed E-state index contributed by atoms with van der Waals surface area (Å²) in [4.78, 5) is 14.2. The number of nitrogen functional groups attached to an aromatic ring is 1. The molecule has 1 fully saturated rings. The number of amides is 1. The quantitative estimate of drug-likeness (QED) is 0.828. The molecular weight excluding hydrogens is 240 g/mol. The van der Waals surface area contributed by atoms with E-state index in [1.54, 1.807) is 0 Å². The molecule has 1 aromatic rings. The van der Waals surface area contributed by atoms with Gasteiger partial charge in [-0.3, -0.25) is 4.79 Å². The summed E-state index contributed by atoms with van der Waals surface area (Å²) in [5.74, 6) is 0.196. The number of hydrogen-bond acceptors (Lipinski definition) is 3. The van der Waals surface area contributed by atoms with Crippen molar-refractivity contribution in [1.82, 2.24) is 4.90 Å². The highest BCUT2D eigenvalue weighted by Gasteiger charge is 2.26. The Kier molecular flexibility index (Phi) is 3.42. The summed E-state index contributed by atoms with van der Waals surface area (Å²) in [5, 5.41) is 0. The van der Waals surface area contributed by atoms with Crippen molar-refractivity contribution >= 4 is 11.6 Å². The first-order chi connectivity index (χ1) is 9.22. The van der Waals surface area contributed by atoms with Gasteiger partial charge in [-0.1, -0.05) is 6.07 Å². The van der Waals surface area contributed by atoms with Crippen LogP contribution >= 0.6 is 0 Å². The summed E-state index contributed by atoms with van der Waals surface area (Å²) in [6.45, 7) is 2.20. The minimum Gasteiger partial charge on any atom is -0.399 e. The van der Waals surface area contributed by atoms with Crippen LogP contribution in [0.1, 0.15) is 36.8 Å². The van der Waals surface area contributed by atoms with Crippen LogP contribution in [-0.2, 0) is 22.6 Å². The fourth-order valence-corrected chi connectivity index (χ4v) is 2.88. The van der Waals surface area contributed by atoms with Gasteiger partial charge in [-0.15, -0.1) is 0 Å². The summed E-state index contributed by atoms with van der Waals surface area (Å²) in [7, 11) is 0. The van der Waals surface area contributed by atoms with Gasteiger partial charge >= 0.3 is 0 Å². The number of fused-ring (bicyclic) bond motifs is 1. The lowest BCUT2D eigenvalue weighted by atomic mass is 10.1. The van der Waals surface area contributed by atoms with E-state index in [0.29, 0.717) is 19.5 Å². The minimum absolute atomic E-state index is 0.120. The Labute approximate surface area is 113 Å². The first-order valence-corrected chi connectivity index (χ1v) is 6.99. The van der Waals surface area contributed by atoms with Gasteiger partial charge in [0.1, 0.15) is 0 Å². The van der Waals surface area contributed by atoms with E-state index in [1.165, 1.54) is 17.5 Å². The molecule has 0 spiro atoms. The summed E-state index contributed by atoms with van der Waals surface area (Å²) in [6, 6.07) is 5.89. The van der Waals surface area contributed by atoms with Crippen LogP contribution in [0.2, 0.25) is 0 Å². The molecule has 4 nitrogen and oxygen atoms in total. The molecule has 1 atom stereocenters. The number of nitrogens with zero attached hydrogens (tertiary/aromatic N) is 1. The number of carbonyl (C=O) groups is 1. The predicted octanol–water partition coefficient (Wildman–Crippen LogP) is 2.07. The van der Waals surface area contributed by atoms with Crippen molar-refractivity contribution in [2.75, 3.05) is 12.3 Å². The van der Waals surface area contributed by atoms with Crippen molar-refractivity contribution in [3.63, 3.8) is 0 Å². The van der Waals surface area contributed by atoms with Crippen LogP contribution in [-0.4, -0.2) is 23.5 Å². The molecule has 0 radical (unpaired) electrons. The number of carbonyl (C=O) groups excluding carboxylic acids is 1. The smallest absolute Gasteiger partial charge is 0.225 e. The lowest BCUT2D eigenvalue weighted by Crippen LogP contribution is -2.31. The van der Waals surface area contributed by atoms with E-state index >= 15 is 0 Å². The molecule has 1 amide bonds. The fourth-order valence-electron chi connectivity index (χ4n) is 2.88. The molecule has 1 unspecified atom stereocenters. The highest BCUT2D eigenvalue weighted by Crippen LogP contribution is 2.26. The van der Waals surface area contributed by atoms with Crippen molar-refractivity contribution in [3.8, 4) is 0 Å². The number of anilines is 1. The highest BCUT2D eigenvalue weighted by atomic mass is 16.5. The van der Waals surface area contributed by atoms with E-state index in [9.17, 15) is 4.79 Å². The number of nitrogens with two attached hydrogens (primary N) is 1. The van der Waals surface area contributed by atoms with Crippen molar-refractivity contribution < 1.29 is 9.53 Å². The van der Waals surface area contributed by atoms with E-state index in [2.05, 4.69) is 0 Å². The molecule has 2 aliphatic rings. The van der Waals surface area contributed by atoms with Gasteiger partial charge in [-0.05, 0) is 42.5 Å². The number of rotatable bonds is 2. The van der Waals surface area contributed by atoms with Crippen LogP contribution in [0.3, 0.4) is 0 Å². The van der Waals surface area contributed by atoms with Crippen LogP contribution in [0.15, 0.2) is 18.2 Å². The van der Waals surface area contributed by atoms with Crippen LogP contribution in [0.4, 0.5) is 5.69 Å². The molecule has 3 rings (SSSR count). The van der Waals surface area contributed by atoms with Crippen LogP contribution < -0.4 is 5.73 Å². The Morgan fingerprint density at radius 3 is 2.95 bits per heavy atom. The van der Waals surface area contributed by atoms with Crippen molar-refractivity contribution in [1.29, 1.82) is 0 Å². The molecule has 0 saturated carbocycles. The Hall–Kier alpha value is -1.55. The van der Waals surface area contributed by atoms with E-state index in [-0.39, 0.29) is 12.0 Å². The first-order valence-electron chi connectivity index (χ1n) is 6.99. The first kappa shape index (κ1) is 12.5. The molecular formula is C15H20N2O2. The van der Waals surface area contributed by atoms with Crippen LogP contribution in [0, 0.1) is 0 Å². The van der Waals surface area contributed by atoms with Crippen LogP contribution in [0.5, 0.6) is 0 Å². The number of hydrogen-bond donors (Lipinski definition) is 1. The average molecular weight is 260 g/mol. The zero-order chi connectivity index (χ0) is 13.2. The van der Waals surface area contributed by atoms with E-state index in [4.69, 9.17) is 10.5 Å². The van der Waals surface area contributed by atoms with Gasteiger partial charge in [0.05, 0.1) is 12.5 Å². The Morgan fingerprint density at radius 2 is 2.16 bits per heavy atom. The fraction of sp³-hybridized carbons (Fsp3) is 0.533. The van der Waals surface area contributed by atoms with Gasteiger partial charge < -0.3 is 15.4 Å². The second-order valence-corrected chi connectivity index (χ2v) is 5.47. The third-order valence-corrected chi connectivity index (χ3v) is 3.98. The number of benzene rings is 1. The van der Waals surface area contributed by atoms with Gasteiger partial charge in [0.15, 0.2) is 0 Å². The Morgan fingerprint density at radius 1 is 1.32 bits per heavy atom. The van der Waals surface area contributed by atoms with Crippen molar-refractivity contribution in [2.45, 2.75) is 44.9 Å². The molecule has 2 aliphatic heterocycles. The molecule has 0 bridgehead atoms. The zero-order valence-electron chi connectivity index (χ0n) is 11.1. The Bertz CT molecular complexity index is 481. The van der Waals surface area contributed by atoms with Gasteiger partial charge in [0.2, 0.25) is 5.91 Å². The molecule has 0 aliphatic carbocycles. The van der Waals surface area contributed by atoms with Gasteiger partial charge in [-0.25, -0.2) is 0 Å². The molecule has 1 saturated heterocycles. The second kappa shape index (κ2) is 5.21. The topological polar surface area (TPSA) is 55.6 Å². The second-order valence-electron chi connectivity index (χ2n) is 5.47. The molecule has 2 N–H and O–H groups in total. The van der Waals surface area contributed by atoms with Gasteiger partial charge in [0, 0.05) is 25.4 Å². The summed E-state index contributed by atoms with van der Waals surface area (Å²) in [5.41, 5.74) is 8.94. The minimum atomic E-state index is 0.120. The third-order valence-electron chi connectivity index (χ3n) is 3.98. The van der Waals surface area contributed by atoms with Crippen LogP contribution in [0.25, 0.3) is 0 Å². The molecule has 4 heteroatoms. The number of ether oxygens (including phenoxy) is 1. The molecule has 0 aromatic heterocycles. The molecule has 1 aromatic carbocycles. The summed E-state index contributed by atoms with van der Waals surface area (Å²) < 4.78 is 5.64.